The summed E-state index contributed by atoms with van der Waals surface area (Å²) in [7, 11) is 0. The van der Waals surface area contributed by atoms with Crippen molar-refractivity contribution in [2.24, 2.45) is 0 Å². The van der Waals surface area contributed by atoms with Gasteiger partial charge in [0.15, 0.2) is 0 Å². The maximum atomic E-state index is 12.1. The van der Waals surface area contributed by atoms with Crippen molar-refractivity contribution >= 4 is 29.3 Å². The van der Waals surface area contributed by atoms with Crippen LogP contribution in [0.25, 0.3) is 6.08 Å². The zero-order valence-corrected chi connectivity index (χ0v) is 11.9. The predicted molar refractivity (Wildman–Crippen MR) is 80.9 cm³/mol. The second-order valence-corrected chi connectivity index (χ2v) is 4.89. The molecule has 0 heterocycles. The van der Waals surface area contributed by atoms with Gasteiger partial charge in [0, 0.05) is 22.3 Å². The third kappa shape index (κ3) is 4.93. The summed E-state index contributed by atoms with van der Waals surface area (Å²) in [5.41, 5.74) is 1.29. The van der Waals surface area contributed by atoms with Crippen molar-refractivity contribution in [3.8, 4) is 0 Å². The van der Waals surface area contributed by atoms with E-state index in [0.29, 0.717) is 21.8 Å². The van der Waals surface area contributed by atoms with Gasteiger partial charge in [-0.2, -0.15) is 13.2 Å². The number of alkyl halides is 3. The van der Waals surface area contributed by atoms with Crippen molar-refractivity contribution in [1.82, 2.24) is 0 Å². The van der Waals surface area contributed by atoms with Crippen molar-refractivity contribution in [3.05, 3.63) is 70.8 Å². The Morgan fingerprint density at radius 3 is 2.14 bits per heavy atom. The molecule has 0 aliphatic rings. The molecule has 0 fully saturated rings. The van der Waals surface area contributed by atoms with E-state index >= 15 is 0 Å². The van der Waals surface area contributed by atoms with Crippen LogP contribution in [-0.2, 0) is 0 Å². The molecule has 0 aromatic heterocycles. The lowest BCUT2D eigenvalue weighted by atomic mass is 10.1. The number of allylic oxidation sites excluding steroid dienone is 1. The molecule has 0 unspecified atom stereocenters. The van der Waals surface area contributed by atoms with E-state index in [2.05, 4.69) is 5.32 Å². The molecule has 1 N–H and O–H groups in total. The number of hydrogen-bond acceptors (Lipinski definition) is 1. The van der Waals surface area contributed by atoms with E-state index in [1.165, 1.54) is 24.3 Å². The van der Waals surface area contributed by atoms with Gasteiger partial charge in [0.2, 0.25) is 0 Å². The second-order valence-electron chi connectivity index (χ2n) is 4.46. The summed E-state index contributed by atoms with van der Waals surface area (Å²) < 4.78 is 36.2. The molecule has 0 spiro atoms. The maximum Gasteiger partial charge on any atom is 0.409 e. The molecule has 0 saturated carbocycles. The van der Waals surface area contributed by atoms with Crippen LogP contribution >= 0.6 is 11.6 Å². The summed E-state index contributed by atoms with van der Waals surface area (Å²) in [6.07, 6.45) is -3.26. The fourth-order valence-electron chi connectivity index (χ4n) is 1.67. The van der Waals surface area contributed by atoms with Gasteiger partial charge in [-0.05, 0) is 42.0 Å². The number of benzene rings is 2. The molecule has 114 valence electrons. The zero-order valence-electron chi connectivity index (χ0n) is 11.2. The predicted octanol–water partition coefficient (Wildman–Crippen LogP) is 5.17. The number of halogens is 4. The van der Waals surface area contributed by atoms with Crippen LogP contribution in [0.1, 0.15) is 15.9 Å². The van der Waals surface area contributed by atoms with Crippen LogP contribution in [0.3, 0.4) is 0 Å². The van der Waals surface area contributed by atoms with E-state index in [0.717, 1.165) is 6.08 Å². The van der Waals surface area contributed by atoms with Crippen LogP contribution in [0, 0.1) is 0 Å². The smallest absolute Gasteiger partial charge is 0.322 e. The number of amides is 1. The fourth-order valence-corrected chi connectivity index (χ4v) is 1.80. The number of carbonyl (C=O) groups is 1. The Labute approximate surface area is 130 Å². The highest BCUT2D eigenvalue weighted by molar-refractivity contribution is 6.30. The monoisotopic (exact) mass is 325 g/mol. The van der Waals surface area contributed by atoms with Gasteiger partial charge in [0.1, 0.15) is 0 Å². The molecule has 0 aliphatic carbocycles. The number of hydrogen-bond donors (Lipinski definition) is 1. The van der Waals surface area contributed by atoms with Gasteiger partial charge < -0.3 is 5.32 Å². The molecule has 0 saturated heterocycles. The van der Waals surface area contributed by atoms with E-state index in [1.807, 2.05) is 0 Å². The van der Waals surface area contributed by atoms with Crippen molar-refractivity contribution in [2.75, 3.05) is 5.32 Å². The molecule has 2 aromatic carbocycles. The SMILES string of the molecule is O=C(Nc1ccc(Cl)cc1)c1ccc(/C=C/C(F)(F)F)cc1. The van der Waals surface area contributed by atoms with Crippen molar-refractivity contribution in [3.63, 3.8) is 0 Å². The fraction of sp³-hybridized carbons (Fsp3) is 0.0625. The standard InChI is InChI=1S/C16H11ClF3NO/c17-13-5-7-14(8-6-13)21-15(22)12-3-1-11(2-4-12)9-10-16(18,19)20/h1-10H,(H,21,22)/b10-9+. The quantitative estimate of drug-likeness (QED) is 0.829. The minimum Gasteiger partial charge on any atom is -0.322 e. The first-order chi connectivity index (χ1) is 10.3. The Morgan fingerprint density at radius 2 is 1.59 bits per heavy atom. The number of anilines is 1. The van der Waals surface area contributed by atoms with Gasteiger partial charge in [-0.15, -0.1) is 0 Å². The second kappa shape index (κ2) is 6.66. The normalized spacial score (nSPS) is 11.6. The van der Waals surface area contributed by atoms with Crippen LogP contribution in [0.2, 0.25) is 5.02 Å². The van der Waals surface area contributed by atoms with Crippen LogP contribution in [0.5, 0.6) is 0 Å². The molecule has 2 nitrogen and oxygen atoms in total. The highest BCUT2D eigenvalue weighted by atomic mass is 35.5. The Bertz CT molecular complexity index is 676. The maximum absolute atomic E-state index is 12.1. The summed E-state index contributed by atoms with van der Waals surface area (Å²) in [5.74, 6) is -0.353. The molecular formula is C16H11ClF3NO. The minimum absolute atomic E-state index is 0.149. The summed E-state index contributed by atoms with van der Waals surface area (Å²) in [5, 5.41) is 3.22. The summed E-state index contributed by atoms with van der Waals surface area (Å²) in [4.78, 5) is 12.0. The van der Waals surface area contributed by atoms with Crippen LogP contribution in [-0.4, -0.2) is 12.1 Å². The molecule has 0 bridgehead atoms. The molecular weight excluding hydrogens is 315 g/mol. The highest BCUT2D eigenvalue weighted by Gasteiger charge is 2.21. The van der Waals surface area contributed by atoms with E-state index in [4.69, 9.17) is 11.6 Å². The lowest BCUT2D eigenvalue weighted by molar-refractivity contribution is -0.0790. The van der Waals surface area contributed by atoms with E-state index in [1.54, 1.807) is 24.3 Å². The highest BCUT2D eigenvalue weighted by Crippen LogP contribution is 2.19. The molecule has 2 rings (SSSR count). The Hall–Kier alpha value is -2.27. The number of nitrogens with one attached hydrogen (secondary N) is 1. The van der Waals surface area contributed by atoms with E-state index in [-0.39, 0.29) is 12.0 Å². The molecule has 1 amide bonds. The molecule has 0 atom stereocenters. The first kappa shape index (κ1) is 16.1. The van der Waals surface area contributed by atoms with Gasteiger partial charge in [0.25, 0.3) is 5.91 Å². The third-order valence-corrected chi connectivity index (χ3v) is 2.99. The minimum atomic E-state index is -4.36. The lowest BCUT2D eigenvalue weighted by Crippen LogP contribution is -2.11. The van der Waals surface area contributed by atoms with E-state index in [9.17, 15) is 18.0 Å². The van der Waals surface area contributed by atoms with Crippen LogP contribution in [0.15, 0.2) is 54.6 Å². The van der Waals surface area contributed by atoms with Crippen LogP contribution < -0.4 is 5.32 Å². The molecule has 0 aliphatic heterocycles. The van der Waals surface area contributed by atoms with Gasteiger partial charge in [-0.3, -0.25) is 4.79 Å². The largest absolute Gasteiger partial charge is 0.409 e. The van der Waals surface area contributed by atoms with Crippen molar-refractivity contribution in [1.29, 1.82) is 0 Å². The summed E-state index contributed by atoms with van der Waals surface area (Å²) in [6, 6.07) is 12.4. The first-order valence-corrected chi connectivity index (χ1v) is 6.64. The van der Waals surface area contributed by atoms with Gasteiger partial charge in [-0.25, -0.2) is 0 Å². The lowest BCUT2D eigenvalue weighted by Gasteiger charge is -2.05. The molecule has 0 radical (unpaired) electrons. The molecule has 22 heavy (non-hydrogen) atoms. The Morgan fingerprint density at radius 1 is 1.00 bits per heavy atom. The first-order valence-electron chi connectivity index (χ1n) is 6.26. The van der Waals surface area contributed by atoms with E-state index < -0.39 is 6.18 Å². The number of carbonyl (C=O) groups excluding carboxylic acids is 1. The van der Waals surface area contributed by atoms with Gasteiger partial charge >= 0.3 is 6.18 Å². The third-order valence-electron chi connectivity index (χ3n) is 2.74. The zero-order chi connectivity index (χ0) is 16.2. The molecule has 2 aromatic rings. The average Bonchev–Trinajstić information content (AvgIpc) is 2.47. The van der Waals surface area contributed by atoms with Gasteiger partial charge in [0.05, 0.1) is 0 Å². The van der Waals surface area contributed by atoms with Crippen LogP contribution in [0.4, 0.5) is 18.9 Å². The Kier molecular flexibility index (Phi) is 4.88. The van der Waals surface area contributed by atoms with Gasteiger partial charge in [-0.1, -0.05) is 29.8 Å². The summed E-state index contributed by atoms with van der Waals surface area (Å²) >= 11 is 5.75. The summed E-state index contributed by atoms with van der Waals surface area (Å²) in [6.45, 7) is 0. The number of rotatable bonds is 3. The Balaban J connectivity index is 2.05. The van der Waals surface area contributed by atoms with Crippen molar-refractivity contribution < 1.29 is 18.0 Å². The topological polar surface area (TPSA) is 29.1 Å². The molecule has 6 heteroatoms. The van der Waals surface area contributed by atoms with Crippen molar-refractivity contribution in [2.45, 2.75) is 6.18 Å². The average molecular weight is 326 g/mol.